The van der Waals surface area contributed by atoms with E-state index in [1.54, 1.807) is 18.2 Å². The number of hydrogen-bond acceptors (Lipinski definition) is 5. The highest BCUT2D eigenvalue weighted by Gasteiger charge is 2.20. The molecule has 0 saturated carbocycles. The molecule has 5 heteroatoms. The fraction of sp³-hybridized carbons (Fsp3) is 0.200. The first-order chi connectivity index (χ1) is 12.2. The lowest BCUT2D eigenvalue weighted by molar-refractivity contribution is 0.0965. The van der Waals surface area contributed by atoms with Crippen LogP contribution >= 0.6 is 0 Å². The Morgan fingerprint density at radius 2 is 1.80 bits per heavy atom. The van der Waals surface area contributed by atoms with Gasteiger partial charge in [-0.05, 0) is 17.7 Å². The third kappa shape index (κ3) is 4.02. The first kappa shape index (κ1) is 17.1. The van der Waals surface area contributed by atoms with Gasteiger partial charge in [-0.1, -0.05) is 48.5 Å². The number of nitrogens with two attached hydrogens (primary N) is 1. The molecule has 3 rings (SSSR count). The second-order valence-electron chi connectivity index (χ2n) is 5.82. The van der Waals surface area contributed by atoms with Crippen LogP contribution in [0.25, 0.3) is 11.0 Å². The van der Waals surface area contributed by atoms with E-state index in [2.05, 4.69) is 5.32 Å². The third-order valence-corrected chi connectivity index (χ3v) is 4.07. The second kappa shape index (κ2) is 7.88. The summed E-state index contributed by atoms with van der Waals surface area (Å²) in [5, 5.41) is 4.00. The van der Waals surface area contributed by atoms with E-state index in [-0.39, 0.29) is 23.8 Å². The average molecular weight is 336 g/mol. The summed E-state index contributed by atoms with van der Waals surface area (Å²) in [6.07, 6.45) is 0.160. The second-order valence-corrected chi connectivity index (χ2v) is 5.82. The Balaban J connectivity index is 1.88. The molecule has 0 aliphatic rings. The van der Waals surface area contributed by atoms with E-state index in [9.17, 15) is 9.59 Å². The van der Waals surface area contributed by atoms with E-state index in [1.807, 2.05) is 42.5 Å². The number of rotatable bonds is 7. The molecule has 128 valence electrons. The Morgan fingerprint density at radius 1 is 1.08 bits per heavy atom. The van der Waals surface area contributed by atoms with Crippen LogP contribution in [0.4, 0.5) is 0 Å². The van der Waals surface area contributed by atoms with Gasteiger partial charge in [0.2, 0.25) is 0 Å². The molecule has 0 radical (unpaired) electrons. The van der Waals surface area contributed by atoms with Gasteiger partial charge in [-0.3, -0.25) is 4.79 Å². The quantitative estimate of drug-likeness (QED) is 0.512. The van der Waals surface area contributed by atoms with E-state index < -0.39 is 5.63 Å². The highest BCUT2D eigenvalue weighted by Crippen LogP contribution is 2.20. The Morgan fingerprint density at radius 3 is 2.56 bits per heavy atom. The third-order valence-electron chi connectivity index (χ3n) is 4.07. The van der Waals surface area contributed by atoms with Gasteiger partial charge in [0.05, 0.1) is 0 Å². The van der Waals surface area contributed by atoms with Gasteiger partial charge < -0.3 is 15.5 Å². The van der Waals surface area contributed by atoms with Gasteiger partial charge in [0, 0.05) is 30.9 Å². The molecule has 0 saturated heterocycles. The molecule has 0 amide bonds. The maximum absolute atomic E-state index is 12.7. The summed E-state index contributed by atoms with van der Waals surface area (Å²) in [6, 6.07) is 18.2. The van der Waals surface area contributed by atoms with Crippen LogP contribution in [0.15, 0.2) is 69.9 Å². The van der Waals surface area contributed by atoms with Crippen LogP contribution in [0, 0.1) is 0 Å². The first-order valence-corrected chi connectivity index (χ1v) is 8.23. The van der Waals surface area contributed by atoms with Crippen molar-refractivity contribution in [2.45, 2.75) is 12.5 Å². The van der Waals surface area contributed by atoms with Crippen LogP contribution in [0.2, 0.25) is 0 Å². The van der Waals surface area contributed by atoms with Gasteiger partial charge in [-0.2, -0.15) is 0 Å². The number of ketones is 1. The SMILES string of the molecule is NCCNC(CC(=O)c1cc2ccccc2oc1=O)c1ccccc1. The van der Waals surface area contributed by atoms with Crippen molar-refractivity contribution in [3.63, 3.8) is 0 Å². The number of Topliss-reactive ketones (excluding diaryl/α,β-unsaturated/α-hetero) is 1. The van der Waals surface area contributed by atoms with Crippen molar-refractivity contribution in [3.8, 4) is 0 Å². The molecule has 1 heterocycles. The Kier molecular flexibility index (Phi) is 5.38. The highest BCUT2D eigenvalue weighted by atomic mass is 16.4. The van der Waals surface area contributed by atoms with Crippen LogP contribution in [0.5, 0.6) is 0 Å². The highest BCUT2D eigenvalue weighted by molar-refractivity contribution is 5.98. The monoisotopic (exact) mass is 336 g/mol. The smallest absolute Gasteiger partial charge is 0.347 e. The van der Waals surface area contributed by atoms with Gasteiger partial charge in [0.1, 0.15) is 11.1 Å². The van der Waals surface area contributed by atoms with Gasteiger partial charge in [-0.25, -0.2) is 4.79 Å². The predicted octanol–water partition coefficient (Wildman–Crippen LogP) is 2.66. The summed E-state index contributed by atoms with van der Waals surface area (Å²) in [5.41, 5.74) is 6.50. The molecule has 0 aliphatic carbocycles. The minimum atomic E-state index is -0.602. The number of benzene rings is 2. The summed E-state index contributed by atoms with van der Waals surface area (Å²) in [4.78, 5) is 24.9. The van der Waals surface area contributed by atoms with E-state index in [0.29, 0.717) is 18.7 Å². The van der Waals surface area contributed by atoms with Crippen molar-refractivity contribution in [2.24, 2.45) is 5.73 Å². The molecule has 1 atom stereocenters. The van der Waals surface area contributed by atoms with Crippen LogP contribution in [-0.2, 0) is 0 Å². The predicted molar refractivity (Wildman–Crippen MR) is 97.7 cm³/mol. The maximum atomic E-state index is 12.7. The summed E-state index contributed by atoms with van der Waals surface area (Å²) < 4.78 is 5.27. The lowest BCUT2D eigenvalue weighted by Crippen LogP contribution is -2.29. The first-order valence-electron chi connectivity index (χ1n) is 8.23. The van der Waals surface area contributed by atoms with Crippen LogP contribution in [0.1, 0.15) is 28.4 Å². The van der Waals surface area contributed by atoms with E-state index in [0.717, 1.165) is 10.9 Å². The molecule has 1 unspecified atom stereocenters. The van der Waals surface area contributed by atoms with Gasteiger partial charge >= 0.3 is 5.63 Å². The molecule has 2 aromatic carbocycles. The summed E-state index contributed by atoms with van der Waals surface area (Å²) in [5.74, 6) is -0.252. The van der Waals surface area contributed by atoms with Crippen molar-refractivity contribution in [1.29, 1.82) is 0 Å². The molecule has 25 heavy (non-hydrogen) atoms. The Hall–Kier alpha value is -2.76. The number of fused-ring (bicyclic) bond motifs is 1. The molecule has 0 aliphatic heterocycles. The molecule has 0 bridgehead atoms. The zero-order chi connectivity index (χ0) is 17.6. The summed E-state index contributed by atoms with van der Waals surface area (Å²) >= 11 is 0. The van der Waals surface area contributed by atoms with E-state index in [1.165, 1.54) is 0 Å². The van der Waals surface area contributed by atoms with Crippen LogP contribution in [0.3, 0.4) is 0 Å². The molecular weight excluding hydrogens is 316 g/mol. The number of para-hydroxylation sites is 1. The molecule has 3 aromatic rings. The fourth-order valence-corrected chi connectivity index (χ4v) is 2.80. The topological polar surface area (TPSA) is 85.3 Å². The minimum absolute atomic E-state index is 0.0779. The molecule has 0 fully saturated rings. The molecular formula is C20H20N2O3. The van der Waals surface area contributed by atoms with E-state index in [4.69, 9.17) is 10.2 Å². The van der Waals surface area contributed by atoms with Crippen LogP contribution in [-0.4, -0.2) is 18.9 Å². The van der Waals surface area contributed by atoms with Crippen molar-refractivity contribution in [3.05, 3.63) is 82.2 Å². The Bertz CT molecular complexity index is 919. The maximum Gasteiger partial charge on any atom is 0.347 e. The normalized spacial score (nSPS) is 12.2. The lowest BCUT2D eigenvalue weighted by Gasteiger charge is -2.18. The average Bonchev–Trinajstić information content (AvgIpc) is 2.65. The van der Waals surface area contributed by atoms with Crippen molar-refractivity contribution in [1.82, 2.24) is 5.32 Å². The molecule has 3 N–H and O–H groups in total. The van der Waals surface area contributed by atoms with Crippen molar-refractivity contribution in [2.75, 3.05) is 13.1 Å². The lowest BCUT2D eigenvalue weighted by atomic mass is 9.98. The number of carbonyl (C=O) groups is 1. The molecule has 5 nitrogen and oxygen atoms in total. The van der Waals surface area contributed by atoms with Gasteiger partial charge in [-0.15, -0.1) is 0 Å². The van der Waals surface area contributed by atoms with Gasteiger partial charge in [0.25, 0.3) is 0 Å². The zero-order valence-electron chi connectivity index (χ0n) is 13.8. The molecule has 1 aromatic heterocycles. The standard InChI is InChI=1S/C20H20N2O3/c21-10-11-22-17(14-6-2-1-3-7-14)13-18(23)16-12-15-8-4-5-9-19(15)25-20(16)24/h1-9,12,17,22H,10-11,13,21H2. The van der Waals surface area contributed by atoms with Gasteiger partial charge in [0.15, 0.2) is 5.78 Å². The fourth-order valence-electron chi connectivity index (χ4n) is 2.80. The van der Waals surface area contributed by atoms with E-state index >= 15 is 0 Å². The largest absolute Gasteiger partial charge is 0.422 e. The number of hydrogen-bond donors (Lipinski definition) is 2. The number of carbonyl (C=O) groups excluding carboxylic acids is 1. The minimum Gasteiger partial charge on any atom is -0.422 e. The van der Waals surface area contributed by atoms with Crippen molar-refractivity contribution >= 4 is 16.8 Å². The number of nitrogens with one attached hydrogen (secondary N) is 1. The zero-order valence-corrected chi connectivity index (χ0v) is 13.8. The van der Waals surface area contributed by atoms with Crippen molar-refractivity contribution < 1.29 is 9.21 Å². The Labute approximate surface area is 145 Å². The molecule has 0 spiro atoms. The summed E-state index contributed by atoms with van der Waals surface area (Å²) in [7, 11) is 0. The van der Waals surface area contributed by atoms with Crippen LogP contribution < -0.4 is 16.7 Å². The summed E-state index contributed by atoms with van der Waals surface area (Å²) in [6.45, 7) is 1.05.